The van der Waals surface area contributed by atoms with Gasteiger partial charge in [-0.05, 0) is 31.2 Å². The van der Waals surface area contributed by atoms with Gasteiger partial charge in [-0.15, -0.1) is 0 Å². The number of hydrogen-bond acceptors (Lipinski definition) is 4. The predicted octanol–water partition coefficient (Wildman–Crippen LogP) is 3.40. The molecular formula is C17H14F2N4O2. The maximum atomic E-state index is 14.3. The molecule has 1 heterocycles. The summed E-state index contributed by atoms with van der Waals surface area (Å²) in [5, 5.41) is 12.6. The molecule has 1 aromatic heterocycles. The molecule has 0 aliphatic rings. The van der Waals surface area contributed by atoms with Crippen LogP contribution >= 0.6 is 0 Å². The summed E-state index contributed by atoms with van der Waals surface area (Å²) in [6, 6.07) is 8.76. The third-order valence-corrected chi connectivity index (χ3v) is 3.44. The van der Waals surface area contributed by atoms with Gasteiger partial charge in [-0.2, -0.15) is 15.4 Å². The van der Waals surface area contributed by atoms with E-state index in [1.165, 1.54) is 0 Å². The first-order chi connectivity index (χ1) is 12.1. The maximum absolute atomic E-state index is 14.3. The van der Waals surface area contributed by atoms with Gasteiger partial charge in [-0.1, -0.05) is 12.1 Å². The van der Waals surface area contributed by atoms with Crippen molar-refractivity contribution in [1.82, 2.24) is 15.4 Å². The molecule has 0 spiro atoms. The van der Waals surface area contributed by atoms with Gasteiger partial charge < -0.3 is 10.1 Å². The number of benzene rings is 2. The number of aromatic nitrogens is 3. The number of nitrogens with one attached hydrogen (secondary N) is 2. The van der Waals surface area contributed by atoms with E-state index >= 15 is 0 Å². The van der Waals surface area contributed by atoms with Gasteiger partial charge in [0.15, 0.2) is 11.6 Å². The molecule has 8 heteroatoms. The molecule has 0 aliphatic heterocycles. The van der Waals surface area contributed by atoms with Crippen molar-refractivity contribution in [1.29, 1.82) is 0 Å². The summed E-state index contributed by atoms with van der Waals surface area (Å²) in [7, 11) is 0. The van der Waals surface area contributed by atoms with Crippen molar-refractivity contribution in [3.8, 4) is 17.0 Å². The summed E-state index contributed by atoms with van der Waals surface area (Å²) in [4.78, 5) is 12.3. The number of nitrogens with zero attached hydrogens (tertiary/aromatic N) is 2. The van der Waals surface area contributed by atoms with Crippen LogP contribution in [0.1, 0.15) is 17.3 Å². The lowest BCUT2D eigenvalue weighted by atomic mass is 10.1. The van der Waals surface area contributed by atoms with Crippen LogP contribution in [0.25, 0.3) is 11.3 Å². The molecule has 3 rings (SSSR count). The number of carbonyl (C=O) groups excluding carboxylic acids is 1. The van der Waals surface area contributed by atoms with Crippen molar-refractivity contribution in [3.63, 3.8) is 0 Å². The summed E-state index contributed by atoms with van der Waals surface area (Å²) >= 11 is 0. The second kappa shape index (κ2) is 7.08. The fourth-order valence-corrected chi connectivity index (χ4v) is 2.27. The van der Waals surface area contributed by atoms with E-state index < -0.39 is 23.1 Å². The minimum Gasteiger partial charge on any atom is -0.491 e. The van der Waals surface area contributed by atoms with E-state index in [4.69, 9.17) is 4.74 Å². The van der Waals surface area contributed by atoms with Crippen molar-refractivity contribution < 1.29 is 18.3 Å². The molecule has 0 saturated carbocycles. The number of amides is 1. The number of carbonyl (C=O) groups is 1. The number of halogens is 2. The zero-order valence-corrected chi connectivity index (χ0v) is 13.2. The summed E-state index contributed by atoms with van der Waals surface area (Å²) in [5.41, 5.74) is 1.12. The highest BCUT2D eigenvalue weighted by Gasteiger charge is 2.21. The molecule has 128 valence electrons. The molecule has 0 radical (unpaired) electrons. The largest absolute Gasteiger partial charge is 0.491 e. The summed E-state index contributed by atoms with van der Waals surface area (Å²) in [6.45, 7) is 1.87. The Balaban J connectivity index is 1.82. The fourth-order valence-electron chi connectivity index (χ4n) is 2.27. The molecule has 0 saturated heterocycles. The maximum Gasteiger partial charge on any atom is 0.261 e. The minimum absolute atomic E-state index is 0.171. The highest BCUT2D eigenvalue weighted by molar-refractivity contribution is 6.05. The zero-order chi connectivity index (χ0) is 17.8. The Bertz CT molecular complexity index is 880. The number of ether oxygens (including phenoxy) is 1. The first-order valence-electron chi connectivity index (χ1n) is 7.48. The zero-order valence-electron chi connectivity index (χ0n) is 13.2. The molecule has 2 N–H and O–H groups in total. The quantitative estimate of drug-likeness (QED) is 0.743. The van der Waals surface area contributed by atoms with Gasteiger partial charge in [0.2, 0.25) is 0 Å². The van der Waals surface area contributed by atoms with Crippen molar-refractivity contribution in [2.24, 2.45) is 0 Å². The van der Waals surface area contributed by atoms with Gasteiger partial charge in [-0.25, -0.2) is 8.78 Å². The third kappa shape index (κ3) is 3.47. The van der Waals surface area contributed by atoms with Gasteiger partial charge in [0.05, 0.1) is 12.8 Å². The Kier molecular flexibility index (Phi) is 4.69. The molecule has 1 amide bonds. The Morgan fingerprint density at radius 2 is 1.96 bits per heavy atom. The SMILES string of the molecule is CCOc1ccc(F)c(C(=O)Nc2ccc(-c3cn[nH]n3)cc2)c1F. The van der Waals surface area contributed by atoms with Crippen LogP contribution in [0, 0.1) is 11.6 Å². The van der Waals surface area contributed by atoms with E-state index in [1.54, 1.807) is 37.4 Å². The van der Waals surface area contributed by atoms with Crippen LogP contribution in [0.4, 0.5) is 14.5 Å². The van der Waals surface area contributed by atoms with E-state index in [2.05, 4.69) is 20.7 Å². The van der Waals surface area contributed by atoms with Gasteiger partial charge in [0.25, 0.3) is 5.91 Å². The lowest BCUT2D eigenvalue weighted by molar-refractivity contribution is 0.101. The molecule has 0 fully saturated rings. The first kappa shape index (κ1) is 16.6. The van der Waals surface area contributed by atoms with E-state index in [0.29, 0.717) is 11.4 Å². The molecule has 0 bridgehead atoms. The summed E-state index contributed by atoms with van der Waals surface area (Å²) in [6.07, 6.45) is 1.55. The standard InChI is InChI=1S/C17H14F2N4O2/c1-2-25-14-8-7-12(18)15(16(14)19)17(24)21-11-5-3-10(4-6-11)13-9-20-23-22-13/h3-9H,2H2,1H3,(H,21,24)(H,20,22,23). The van der Waals surface area contributed by atoms with Crippen molar-refractivity contribution in [3.05, 3.63) is 59.8 Å². The van der Waals surface area contributed by atoms with Crippen molar-refractivity contribution in [2.45, 2.75) is 6.92 Å². The number of hydrogen-bond donors (Lipinski definition) is 2. The molecule has 25 heavy (non-hydrogen) atoms. The van der Waals surface area contributed by atoms with Crippen LogP contribution in [0.3, 0.4) is 0 Å². The molecule has 0 aliphatic carbocycles. The van der Waals surface area contributed by atoms with Gasteiger partial charge in [0, 0.05) is 11.3 Å². The monoisotopic (exact) mass is 344 g/mol. The van der Waals surface area contributed by atoms with E-state index in [9.17, 15) is 13.6 Å². The third-order valence-electron chi connectivity index (χ3n) is 3.44. The van der Waals surface area contributed by atoms with Gasteiger partial charge >= 0.3 is 0 Å². The molecule has 6 nitrogen and oxygen atoms in total. The molecule has 3 aromatic rings. The number of anilines is 1. The lowest BCUT2D eigenvalue weighted by Crippen LogP contribution is -2.16. The Morgan fingerprint density at radius 3 is 2.60 bits per heavy atom. The van der Waals surface area contributed by atoms with E-state index in [1.807, 2.05) is 0 Å². The lowest BCUT2D eigenvalue weighted by Gasteiger charge is -2.11. The molecule has 0 unspecified atom stereocenters. The van der Waals surface area contributed by atoms with Crippen molar-refractivity contribution in [2.75, 3.05) is 11.9 Å². The summed E-state index contributed by atoms with van der Waals surface area (Å²) in [5.74, 6) is -3.06. The average molecular weight is 344 g/mol. The summed E-state index contributed by atoms with van der Waals surface area (Å²) < 4.78 is 33.2. The smallest absolute Gasteiger partial charge is 0.261 e. The Hall–Kier alpha value is -3.29. The van der Waals surface area contributed by atoms with E-state index in [-0.39, 0.29) is 12.4 Å². The number of H-pyrrole nitrogens is 1. The minimum atomic E-state index is -1.03. The van der Waals surface area contributed by atoms with Gasteiger partial charge in [0.1, 0.15) is 17.1 Å². The second-order valence-electron chi connectivity index (χ2n) is 5.05. The number of aromatic amines is 1. The Morgan fingerprint density at radius 1 is 1.20 bits per heavy atom. The molecule has 0 atom stereocenters. The van der Waals surface area contributed by atoms with Crippen LogP contribution < -0.4 is 10.1 Å². The second-order valence-corrected chi connectivity index (χ2v) is 5.05. The van der Waals surface area contributed by atoms with Crippen LogP contribution in [-0.4, -0.2) is 27.9 Å². The Labute approximate surface area is 141 Å². The number of rotatable bonds is 5. The van der Waals surface area contributed by atoms with Crippen LogP contribution in [0.15, 0.2) is 42.6 Å². The topological polar surface area (TPSA) is 79.9 Å². The molecule has 2 aromatic carbocycles. The highest BCUT2D eigenvalue weighted by Crippen LogP contribution is 2.25. The predicted molar refractivity (Wildman–Crippen MR) is 87.3 cm³/mol. The van der Waals surface area contributed by atoms with E-state index in [0.717, 1.165) is 17.7 Å². The van der Waals surface area contributed by atoms with Crippen LogP contribution in [0.5, 0.6) is 5.75 Å². The van der Waals surface area contributed by atoms with Crippen molar-refractivity contribution >= 4 is 11.6 Å². The average Bonchev–Trinajstić information content (AvgIpc) is 3.13. The fraction of sp³-hybridized carbons (Fsp3) is 0.118. The molecular weight excluding hydrogens is 330 g/mol. The highest BCUT2D eigenvalue weighted by atomic mass is 19.1. The van der Waals surface area contributed by atoms with Gasteiger partial charge in [-0.3, -0.25) is 4.79 Å². The first-order valence-corrected chi connectivity index (χ1v) is 7.48. The van der Waals surface area contributed by atoms with Crippen LogP contribution in [-0.2, 0) is 0 Å². The normalized spacial score (nSPS) is 10.5. The van der Waals surface area contributed by atoms with Crippen LogP contribution in [0.2, 0.25) is 0 Å².